The van der Waals surface area contributed by atoms with Gasteiger partial charge in [-0.3, -0.25) is 4.90 Å². The lowest BCUT2D eigenvalue weighted by molar-refractivity contribution is 0.115. The zero-order valence-electron chi connectivity index (χ0n) is 12.5. The van der Waals surface area contributed by atoms with Gasteiger partial charge >= 0.3 is 0 Å². The highest BCUT2D eigenvalue weighted by atomic mass is 16.5. The van der Waals surface area contributed by atoms with Crippen LogP contribution in [0.15, 0.2) is 18.2 Å². The maximum atomic E-state index is 9.75. The minimum atomic E-state index is 0.207. The number of hydrogen-bond donors (Lipinski definition) is 2. The van der Waals surface area contributed by atoms with E-state index >= 15 is 0 Å². The van der Waals surface area contributed by atoms with E-state index in [4.69, 9.17) is 10.5 Å². The van der Waals surface area contributed by atoms with Gasteiger partial charge in [-0.15, -0.1) is 0 Å². The number of nitrogens with two attached hydrogens (primary N) is 1. The molecule has 2 rings (SSSR count). The molecule has 0 spiro atoms. The van der Waals surface area contributed by atoms with Gasteiger partial charge in [-0.2, -0.15) is 0 Å². The van der Waals surface area contributed by atoms with E-state index in [9.17, 15) is 5.11 Å². The summed E-state index contributed by atoms with van der Waals surface area (Å²) in [6.07, 6.45) is 2.40. The van der Waals surface area contributed by atoms with Gasteiger partial charge in [-0.1, -0.05) is 13.0 Å². The quantitative estimate of drug-likeness (QED) is 0.868. The van der Waals surface area contributed by atoms with Crippen molar-refractivity contribution in [1.82, 2.24) is 4.90 Å². The highest BCUT2D eigenvalue weighted by Gasteiger charge is 2.25. The van der Waals surface area contributed by atoms with Crippen molar-refractivity contribution in [3.8, 4) is 11.5 Å². The molecule has 0 amide bonds. The van der Waals surface area contributed by atoms with Crippen LogP contribution in [-0.2, 0) is 6.54 Å². The Balaban J connectivity index is 2.07. The molecule has 4 heteroatoms. The van der Waals surface area contributed by atoms with Crippen molar-refractivity contribution in [2.75, 3.05) is 19.7 Å². The van der Waals surface area contributed by atoms with Gasteiger partial charge in [-0.25, -0.2) is 0 Å². The number of piperidine rings is 1. The van der Waals surface area contributed by atoms with Gasteiger partial charge < -0.3 is 15.6 Å². The van der Waals surface area contributed by atoms with Gasteiger partial charge in [0.25, 0.3) is 0 Å². The number of likely N-dealkylation sites (tertiary alicyclic amines) is 1. The Morgan fingerprint density at radius 2 is 2.25 bits per heavy atom. The van der Waals surface area contributed by atoms with Gasteiger partial charge in [0.2, 0.25) is 0 Å². The lowest BCUT2D eigenvalue weighted by atomic mass is 9.92. The van der Waals surface area contributed by atoms with Crippen LogP contribution in [0.4, 0.5) is 0 Å². The van der Waals surface area contributed by atoms with Crippen LogP contribution in [0.25, 0.3) is 0 Å². The van der Waals surface area contributed by atoms with Crippen LogP contribution in [0, 0.1) is 5.92 Å². The number of rotatable bonds is 5. The van der Waals surface area contributed by atoms with Crippen LogP contribution < -0.4 is 10.5 Å². The smallest absolute Gasteiger partial charge is 0.161 e. The molecule has 1 aliphatic heterocycles. The Hall–Kier alpha value is -1.26. The van der Waals surface area contributed by atoms with E-state index in [1.54, 1.807) is 6.07 Å². The van der Waals surface area contributed by atoms with E-state index in [1.807, 2.05) is 19.1 Å². The molecule has 0 bridgehead atoms. The van der Waals surface area contributed by atoms with Gasteiger partial charge in [0, 0.05) is 19.1 Å². The van der Waals surface area contributed by atoms with Crippen LogP contribution in [-0.4, -0.2) is 35.7 Å². The summed E-state index contributed by atoms with van der Waals surface area (Å²) in [7, 11) is 0. The van der Waals surface area contributed by atoms with Crippen molar-refractivity contribution >= 4 is 0 Å². The predicted octanol–water partition coefficient (Wildman–Crippen LogP) is 2.35. The molecule has 2 unspecified atom stereocenters. The molecular formula is C16H26N2O2. The molecule has 20 heavy (non-hydrogen) atoms. The minimum Gasteiger partial charge on any atom is -0.504 e. The number of ether oxygens (including phenoxy) is 1. The molecule has 1 aliphatic rings. The molecule has 0 aromatic heterocycles. The van der Waals surface area contributed by atoms with Crippen LogP contribution in [0.1, 0.15) is 32.3 Å². The lowest BCUT2D eigenvalue weighted by Gasteiger charge is -2.38. The average molecular weight is 278 g/mol. The summed E-state index contributed by atoms with van der Waals surface area (Å²) in [5.41, 5.74) is 7.07. The highest BCUT2D eigenvalue weighted by Crippen LogP contribution is 2.29. The van der Waals surface area contributed by atoms with Gasteiger partial charge in [0.1, 0.15) is 0 Å². The van der Waals surface area contributed by atoms with E-state index in [2.05, 4.69) is 11.8 Å². The number of aromatic hydroxyl groups is 1. The van der Waals surface area contributed by atoms with Crippen LogP contribution >= 0.6 is 0 Å². The third-order valence-electron chi connectivity index (χ3n) is 4.08. The molecule has 0 saturated carbocycles. The van der Waals surface area contributed by atoms with E-state index in [-0.39, 0.29) is 5.75 Å². The van der Waals surface area contributed by atoms with Crippen molar-refractivity contribution in [3.63, 3.8) is 0 Å². The molecule has 1 aromatic rings. The Kier molecular flexibility index (Phi) is 5.26. The normalized spacial score (nSPS) is 23.8. The maximum absolute atomic E-state index is 9.75. The summed E-state index contributed by atoms with van der Waals surface area (Å²) in [6.45, 7) is 7.45. The minimum absolute atomic E-state index is 0.207. The van der Waals surface area contributed by atoms with Gasteiger partial charge in [0.05, 0.1) is 6.61 Å². The van der Waals surface area contributed by atoms with E-state index in [0.29, 0.717) is 24.9 Å². The maximum Gasteiger partial charge on any atom is 0.161 e. The summed E-state index contributed by atoms with van der Waals surface area (Å²) >= 11 is 0. The molecule has 0 aliphatic carbocycles. The second-order valence-electron chi connectivity index (χ2n) is 5.72. The first-order valence-corrected chi connectivity index (χ1v) is 7.52. The summed E-state index contributed by atoms with van der Waals surface area (Å²) in [6, 6.07) is 6.07. The summed E-state index contributed by atoms with van der Waals surface area (Å²) in [5.74, 6) is 1.54. The molecule has 2 atom stereocenters. The molecule has 1 fully saturated rings. The lowest BCUT2D eigenvalue weighted by Crippen LogP contribution is -2.45. The van der Waals surface area contributed by atoms with E-state index < -0.39 is 0 Å². The number of phenols is 1. The predicted molar refractivity (Wildman–Crippen MR) is 80.9 cm³/mol. The Morgan fingerprint density at radius 1 is 1.45 bits per heavy atom. The fraction of sp³-hybridized carbons (Fsp3) is 0.625. The molecular weight excluding hydrogens is 252 g/mol. The third kappa shape index (κ3) is 3.64. The number of nitrogens with zero attached hydrogens (tertiary/aromatic N) is 1. The average Bonchev–Trinajstić information content (AvgIpc) is 2.44. The monoisotopic (exact) mass is 278 g/mol. The second kappa shape index (κ2) is 6.95. The number of phenolic OH excluding ortho intramolecular Hbond substituents is 1. The van der Waals surface area contributed by atoms with Crippen molar-refractivity contribution in [1.29, 1.82) is 0 Å². The molecule has 0 radical (unpaired) electrons. The standard InChI is InChI=1S/C16H26N2O2/c1-3-20-16-9-13(4-5-15(16)19)11-18-7-6-12(2)8-14(18)10-17/h4-5,9,12,14,19H,3,6-8,10-11,17H2,1-2H3. The first kappa shape index (κ1) is 15.1. The van der Waals surface area contributed by atoms with E-state index in [1.165, 1.54) is 18.4 Å². The topological polar surface area (TPSA) is 58.7 Å². The Bertz CT molecular complexity index is 436. The highest BCUT2D eigenvalue weighted by molar-refractivity contribution is 5.41. The zero-order chi connectivity index (χ0) is 14.5. The zero-order valence-corrected chi connectivity index (χ0v) is 12.5. The van der Waals surface area contributed by atoms with Crippen LogP contribution in [0.2, 0.25) is 0 Å². The largest absolute Gasteiger partial charge is 0.504 e. The first-order valence-electron chi connectivity index (χ1n) is 7.52. The van der Waals surface area contributed by atoms with Crippen molar-refractivity contribution < 1.29 is 9.84 Å². The third-order valence-corrected chi connectivity index (χ3v) is 4.08. The summed E-state index contributed by atoms with van der Waals surface area (Å²) < 4.78 is 5.44. The van der Waals surface area contributed by atoms with Gasteiger partial charge in [-0.05, 0) is 49.9 Å². The SMILES string of the molecule is CCOc1cc(CN2CCC(C)CC2CN)ccc1O. The molecule has 1 saturated heterocycles. The van der Waals surface area contributed by atoms with Crippen molar-refractivity contribution in [3.05, 3.63) is 23.8 Å². The fourth-order valence-electron chi connectivity index (χ4n) is 2.92. The molecule has 3 N–H and O–H groups in total. The van der Waals surface area contributed by atoms with Crippen LogP contribution in [0.5, 0.6) is 11.5 Å². The van der Waals surface area contributed by atoms with E-state index in [0.717, 1.165) is 19.0 Å². The number of hydrogen-bond acceptors (Lipinski definition) is 4. The first-order chi connectivity index (χ1) is 9.63. The Morgan fingerprint density at radius 3 is 2.95 bits per heavy atom. The molecule has 1 aromatic carbocycles. The summed E-state index contributed by atoms with van der Waals surface area (Å²) in [4.78, 5) is 2.45. The second-order valence-corrected chi connectivity index (χ2v) is 5.72. The molecule has 4 nitrogen and oxygen atoms in total. The van der Waals surface area contributed by atoms with Crippen LogP contribution in [0.3, 0.4) is 0 Å². The molecule has 1 heterocycles. The molecule has 112 valence electrons. The fourth-order valence-corrected chi connectivity index (χ4v) is 2.92. The Labute approximate surface area is 121 Å². The van der Waals surface area contributed by atoms with Crippen molar-refractivity contribution in [2.45, 2.75) is 39.3 Å². The summed E-state index contributed by atoms with van der Waals surface area (Å²) in [5, 5.41) is 9.75. The van der Waals surface area contributed by atoms with Gasteiger partial charge in [0.15, 0.2) is 11.5 Å². The number of benzene rings is 1. The van der Waals surface area contributed by atoms with Crippen molar-refractivity contribution in [2.24, 2.45) is 11.7 Å².